The van der Waals surface area contributed by atoms with Crippen molar-refractivity contribution in [2.75, 3.05) is 17.7 Å². The van der Waals surface area contributed by atoms with Gasteiger partial charge in [-0.25, -0.2) is 4.79 Å². The molecule has 0 bridgehead atoms. The molecule has 0 atom stereocenters. The van der Waals surface area contributed by atoms with Gasteiger partial charge in [-0.05, 0) is 42.7 Å². The number of methoxy groups -OCH3 is 1. The summed E-state index contributed by atoms with van der Waals surface area (Å²) in [5, 5.41) is 10.5. The van der Waals surface area contributed by atoms with E-state index >= 15 is 0 Å². The molecule has 1 heterocycles. The molecule has 1 aliphatic carbocycles. The Bertz CT molecular complexity index is 1320. The minimum Gasteiger partial charge on any atom is -0.495 e. The number of amides is 3. The van der Waals surface area contributed by atoms with Crippen LogP contribution < -0.4 is 20.7 Å². The Kier molecular flexibility index (Phi) is 5.15. The summed E-state index contributed by atoms with van der Waals surface area (Å²) in [4.78, 5) is 24.5. The van der Waals surface area contributed by atoms with Crippen LogP contribution in [0, 0.1) is 5.92 Å². The molecule has 7 nitrogen and oxygen atoms in total. The van der Waals surface area contributed by atoms with Gasteiger partial charge in [0.15, 0.2) is 0 Å². The molecule has 1 aliphatic rings. The van der Waals surface area contributed by atoms with Gasteiger partial charge < -0.3 is 25.1 Å². The first-order valence-electron chi connectivity index (χ1n) is 10.5. The van der Waals surface area contributed by atoms with Crippen molar-refractivity contribution in [2.45, 2.75) is 19.4 Å². The average molecular weight is 429 g/mol. The maximum absolute atomic E-state index is 12.5. The molecular formula is C25H23N3O4. The Hall–Kier alpha value is -4.00. The van der Waals surface area contributed by atoms with Crippen LogP contribution in [-0.4, -0.2) is 19.0 Å². The minimum atomic E-state index is -0.369. The zero-order valence-electron chi connectivity index (χ0n) is 17.6. The molecule has 7 heteroatoms. The SMILES string of the molecule is COc1cc2c(cc1NC(=O)NCc1cccc(NC(=O)C3CC3)c1)oc1ccccc12. The molecular weight excluding hydrogens is 406 g/mol. The topological polar surface area (TPSA) is 92.6 Å². The summed E-state index contributed by atoms with van der Waals surface area (Å²) in [6.07, 6.45) is 1.91. The zero-order chi connectivity index (χ0) is 22.1. The number of nitrogens with one attached hydrogen (secondary N) is 3. The zero-order valence-corrected chi connectivity index (χ0v) is 17.6. The summed E-state index contributed by atoms with van der Waals surface area (Å²) in [5.41, 5.74) is 3.58. The van der Waals surface area contributed by atoms with E-state index in [-0.39, 0.29) is 17.9 Å². The van der Waals surface area contributed by atoms with Crippen molar-refractivity contribution in [2.24, 2.45) is 5.92 Å². The summed E-state index contributed by atoms with van der Waals surface area (Å²) in [6, 6.07) is 18.5. The number of anilines is 2. The van der Waals surface area contributed by atoms with E-state index in [1.54, 1.807) is 13.2 Å². The van der Waals surface area contributed by atoms with E-state index in [2.05, 4.69) is 16.0 Å². The number of benzene rings is 3. The highest BCUT2D eigenvalue weighted by molar-refractivity contribution is 6.07. The summed E-state index contributed by atoms with van der Waals surface area (Å²) in [5.74, 6) is 0.742. The lowest BCUT2D eigenvalue weighted by atomic mass is 10.1. The van der Waals surface area contributed by atoms with Gasteiger partial charge in [0.05, 0.1) is 12.8 Å². The Balaban J connectivity index is 1.27. The average Bonchev–Trinajstić information content (AvgIpc) is 3.59. The van der Waals surface area contributed by atoms with Crippen LogP contribution in [0.5, 0.6) is 5.75 Å². The second-order valence-electron chi connectivity index (χ2n) is 7.92. The maximum atomic E-state index is 12.5. The highest BCUT2D eigenvalue weighted by atomic mass is 16.5. The predicted octanol–water partition coefficient (Wildman–Crippen LogP) is 5.26. The molecule has 1 fully saturated rings. The third-order valence-corrected chi connectivity index (χ3v) is 5.54. The van der Waals surface area contributed by atoms with Gasteiger partial charge in [-0.15, -0.1) is 0 Å². The number of hydrogen-bond acceptors (Lipinski definition) is 4. The molecule has 5 rings (SSSR count). The molecule has 3 amide bonds. The number of ether oxygens (including phenoxy) is 1. The summed E-state index contributed by atoms with van der Waals surface area (Å²) < 4.78 is 11.4. The molecule has 0 aliphatic heterocycles. The Morgan fingerprint density at radius 1 is 0.969 bits per heavy atom. The fourth-order valence-corrected chi connectivity index (χ4v) is 3.72. The Labute approximate surface area is 184 Å². The predicted molar refractivity (Wildman–Crippen MR) is 124 cm³/mol. The molecule has 1 saturated carbocycles. The third kappa shape index (κ3) is 4.09. The lowest BCUT2D eigenvalue weighted by Gasteiger charge is -2.12. The van der Waals surface area contributed by atoms with Gasteiger partial charge in [0, 0.05) is 35.0 Å². The van der Waals surface area contributed by atoms with E-state index in [4.69, 9.17) is 9.15 Å². The van der Waals surface area contributed by atoms with Gasteiger partial charge in [-0.2, -0.15) is 0 Å². The van der Waals surface area contributed by atoms with Crippen molar-refractivity contribution >= 4 is 45.3 Å². The van der Waals surface area contributed by atoms with Gasteiger partial charge in [0.25, 0.3) is 0 Å². The molecule has 1 aromatic heterocycles. The third-order valence-electron chi connectivity index (χ3n) is 5.54. The van der Waals surface area contributed by atoms with Crippen molar-refractivity contribution in [3.05, 3.63) is 66.2 Å². The number of rotatable bonds is 6. The van der Waals surface area contributed by atoms with E-state index in [1.807, 2.05) is 54.6 Å². The number of urea groups is 1. The molecule has 0 unspecified atom stereocenters. The summed E-state index contributed by atoms with van der Waals surface area (Å²) >= 11 is 0. The van der Waals surface area contributed by atoms with E-state index in [1.165, 1.54) is 0 Å². The van der Waals surface area contributed by atoms with E-state index in [0.29, 0.717) is 23.6 Å². The largest absolute Gasteiger partial charge is 0.495 e. The molecule has 0 radical (unpaired) electrons. The smallest absolute Gasteiger partial charge is 0.319 e. The highest BCUT2D eigenvalue weighted by Gasteiger charge is 2.29. The van der Waals surface area contributed by atoms with Crippen LogP contribution in [0.25, 0.3) is 21.9 Å². The van der Waals surface area contributed by atoms with Gasteiger partial charge in [-0.3, -0.25) is 4.79 Å². The fourth-order valence-electron chi connectivity index (χ4n) is 3.72. The first kappa shape index (κ1) is 19.9. The number of fused-ring (bicyclic) bond motifs is 3. The van der Waals surface area contributed by atoms with Crippen molar-refractivity contribution < 1.29 is 18.7 Å². The molecule has 0 spiro atoms. The van der Waals surface area contributed by atoms with E-state index in [9.17, 15) is 9.59 Å². The molecule has 32 heavy (non-hydrogen) atoms. The van der Waals surface area contributed by atoms with E-state index < -0.39 is 0 Å². The van der Waals surface area contributed by atoms with Crippen LogP contribution in [-0.2, 0) is 11.3 Å². The van der Waals surface area contributed by atoms with Crippen LogP contribution >= 0.6 is 0 Å². The van der Waals surface area contributed by atoms with Crippen LogP contribution in [0.1, 0.15) is 18.4 Å². The first-order chi connectivity index (χ1) is 15.6. The lowest BCUT2D eigenvalue weighted by Crippen LogP contribution is -2.28. The lowest BCUT2D eigenvalue weighted by molar-refractivity contribution is -0.117. The second kappa shape index (κ2) is 8.26. The van der Waals surface area contributed by atoms with Crippen molar-refractivity contribution in [3.63, 3.8) is 0 Å². The Morgan fingerprint density at radius 2 is 1.81 bits per heavy atom. The van der Waals surface area contributed by atoms with Crippen molar-refractivity contribution in [3.8, 4) is 5.75 Å². The van der Waals surface area contributed by atoms with Crippen LogP contribution in [0.15, 0.2) is 65.1 Å². The van der Waals surface area contributed by atoms with Crippen LogP contribution in [0.4, 0.5) is 16.2 Å². The monoisotopic (exact) mass is 429 g/mol. The number of furan rings is 1. The summed E-state index contributed by atoms with van der Waals surface area (Å²) in [6.45, 7) is 0.314. The van der Waals surface area contributed by atoms with Gasteiger partial charge >= 0.3 is 6.03 Å². The molecule has 3 aromatic carbocycles. The molecule has 4 aromatic rings. The quantitative estimate of drug-likeness (QED) is 0.390. The maximum Gasteiger partial charge on any atom is 0.319 e. The minimum absolute atomic E-state index is 0.0564. The number of hydrogen-bond donors (Lipinski definition) is 3. The Morgan fingerprint density at radius 3 is 2.62 bits per heavy atom. The van der Waals surface area contributed by atoms with Gasteiger partial charge in [0.1, 0.15) is 16.9 Å². The van der Waals surface area contributed by atoms with Gasteiger partial charge in [0.2, 0.25) is 5.91 Å². The highest BCUT2D eigenvalue weighted by Crippen LogP contribution is 2.36. The van der Waals surface area contributed by atoms with E-state index in [0.717, 1.165) is 40.4 Å². The van der Waals surface area contributed by atoms with Crippen molar-refractivity contribution in [1.29, 1.82) is 0 Å². The van der Waals surface area contributed by atoms with Crippen LogP contribution in [0.2, 0.25) is 0 Å². The molecule has 162 valence electrons. The van der Waals surface area contributed by atoms with Gasteiger partial charge in [-0.1, -0.05) is 30.3 Å². The summed E-state index contributed by atoms with van der Waals surface area (Å²) in [7, 11) is 1.56. The normalized spacial score (nSPS) is 13.2. The molecule has 0 saturated heterocycles. The number of carbonyl (C=O) groups is 2. The van der Waals surface area contributed by atoms with Crippen LogP contribution in [0.3, 0.4) is 0 Å². The van der Waals surface area contributed by atoms with Crippen molar-refractivity contribution in [1.82, 2.24) is 5.32 Å². The number of carbonyl (C=O) groups excluding carboxylic acids is 2. The first-order valence-corrected chi connectivity index (χ1v) is 10.5. The number of para-hydroxylation sites is 1. The molecule has 3 N–H and O–H groups in total. The standard InChI is InChI=1S/C25H23N3O4/c1-31-23-12-19-18-7-2-3-8-21(18)32-22(19)13-20(23)28-25(30)26-14-15-5-4-6-17(11-15)27-24(29)16-9-10-16/h2-8,11-13,16H,9-10,14H2,1H3,(H,27,29)(H2,26,28,30). The fraction of sp³-hybridized carbons (Fsp3) is 0.200. The second-order valence-corrected chi connectivity index (χ2v) is 7.92.